The number of carbonyl (C=O) groups is 1. The normalized spacial score (nSPS) is 11.4. The minimum Gasteiger partial charge on any atom is -0.481 e. The van der Waals surface area contributed by atoms with Crippen LogP contribution in [0.25, 0.3) is 0 Å². The van der Waals surface area contributed by atoms with Gasteiger partial charge in [0.1, 0.15) is 0 Å². The van der Waals surface area contributed by atoms with Crippen LogP contribution in [0.15, 0.2) is 23.1 Å². The third kappa shape index (κ3) is 2.09. The standard InChI is InChI=1S/C11H15NO3/c1-4-12-7-8(5-6-9(12)13)11(2,3)10(14)15/h5-7H,4H2,1-3H3,(H,14,15). The lowest BCUT2D eigenvalue weighted by molar-refractivity contribution is -0.142. The summed E-state index contributed by atoms with van der Waals surface area (Å²) in [6, 6.07) is 2.98. The van der Waals surface area contributed by atoms with Gasteiger partial charge in [0.15, 0.2) is 0 Å². The molecule has 0 aliphatic rings. The van der Waals surface area contributed by atoms with Crippen molar-refractivity contribution in [3.63, 3.8) is 0 Å². The summed E-state index contributed by atoms with van der Waals surface area (Å²) in [6.45, 7) is 5.63. The van der Waals surface area contributed by atoms with Gasteiger partial charge in [0.05, 0.1) is 5.41 Å². The average Bonchev–Trinajstić information content (AvgIpc) is 2.18. The third-order valence-electron chi connectivity index (χ3n) is 2.58. The van der Waals surface area contributed by atoms with Crippen LogP contribution in [0.4, 0.5) is 0 Å². The van der Waals surface area contributed by atoms with Crippen LogP contribution >= 0.6 is 0 Å². The first-order valence-corrected chi connectivity index (χ1v) is 4.84. The smallest absolute Gasteiger partial charge is 0.313 e. The SMILES string of the molecule is CCn1cc(C(C)(C)C(=O)O)ccc1=O. The second-order valence-corrected chi connectivity index (χ2v) is 3.97. The highest BCUT2D eigenvalue weighted by atomic mass is 16.4. The summed E-state index contributed by atoms with van der Waals surface area (Å²) in [5.74, 6) is -0.899. The minimum atomic E-state index is -0.968. The Kier molecular flexibility index (Phi) is 2.98. The lowest BCUT2D eigenvalue weighted by atomic mass is 9.86. The largest absolute Gasteiger partial charge is 0.481 e. The summed E-state index contributed by atoms with van der Waals surface area (Å²) in [5.41, 5.74) is -0.441. The minimum absolute atomic E-state index is 0.109. The maximum atomic E-state index is 11.3. The number of carboxylic acid groups (broad SMARTS) is 1. The van der Waals surface area contributed by atoms with Crippen molar-refractivity contribution in [3.8, 4) is 0 Å². The molecule has 1 rings (SSSR count). The highest BCUT2D eigenvalue weighted by Gasteiger charge is 2.29. The number of aromatic nitrogens is 1. The van der Waals surface area contributed by atoms with Crippen LogP contribution in [0, 0.1) is 0 Å². The number of carboxylic acids is 1. The Bertz CT molecular complexity index is 432. The molecule has 0 radical (unpaired) electrons. The van der Waals surface area contributed by atoms with E-state index < -0.39 is 11.4 Å². The van der Waals surface area contributed by atoms with Gasteiger partial charge in [-0.25, -0.2) is 0 Å². The number of hydrogen-bond acceptors (Lipinski definition) is 2. The molecule has 1 N–H and O–H groups in total. The molecule has 0 unspecified atom stereocenters. The Balaban J connectivity index is 3.28. The van der Waals surface area contributed by atoms with E-state index in [1.807, 2.05) is 6.92 Å². The van der Waals surface area contributed by atoms with Crippen molar-refractivity contribution >= 4 is 5.97 Å². The topological polar surface area (TPSA) is 59.3 Å². The van der Waals surface area contributed by atoms with E-state index in [9.17, 15) is 9.59 Å². The van der Waals surface area contributed by atoms with Crippen molar-refractivity contribution < 1.29 is 9.90 Å². The van der Waals surface area contributed by atoms with Gasteiger partial charge < -0.3 is 9.67 Å². The zero-order valence-corrected chi connectivity index (χ0v) is 9.15. The summed E-state index contributed by atoms with van der Waals surface area (Å²) in [4.78, 5) is 22.3. The predicted octanol–water partition coefficient (Wildman–Crippen LogP) is 1.23. The fourth-order valence-electron chi connectivity index (χ4n) is 1.27. The van der Waals surface area contributed by atoms with Gasteiger partial charge in [-0.3, -0.25) is 9.59 Å². The molecule has 0 saturated heterocycles. The first kappa shape index (κ1) is 11.5. The zero-order chi connectivity index (χ0) is 11.6. The summed E-state index contributed by atoms with van der Waals surface area (Å²) < 4.78 is 1.50. The first-order valence-electron chi connectivity index (χ1n) is 4.84. The fourth-order valence-corrected chi connectivity index (χ4v) is 1.27. The highest BCUT2D eigenvalue weighted by Crippen LogP contribution is 2.21. The van der Waals surface area contributed by atoms with Gasteiger partial charge in [0, 0.05) is 18.8 Å². The lowest BCUT2D eigenvalue weighted by Gasteiger charge is -2.20. The van der Waals surface area contributed by atoms with E-state index in [2.05, 4.69) is 0 Å². The van der Waals surface area contributed by atoms with E-state index in [0.29, 0.717) is 12.1 Å². The first-order chi connectivity index (χ1) is 6.89. The molecule has 1 aromatic heterocycles. The number of pyridine rings is 1. The van der Waals surface area contributed by atoms with E-state index >= 15 is 0 Å². The van der Waals surface area contributed by atoms with E-state index in [0.717, 1.165) is 0 Å². The summed E-state index contributed by atoms with van der Waals surface area (Å²) in [5, 5.41) is 9.04. The second-order valence-electron chi connectivity index (χ2n) is 3.97. The Labute approximate surface area is 88.2 Å². The molecule has 0 spiro atoms. The number of hydrogen-bond donors (Lipinski definition) is 1. The van der Waals surface area contributed by atoms with Gasteiger partial charge in [-0.05, 0) is 26.3 Å². The molecule has 15 heavy (non-hydrogen) atoms. The van der Waals surface area contributed by atoms with Crippen LogP contribution < -0.4 is 5.56 Å². The van der Waals surface area contributed by atoms with Gasteiger partial charge in [0.2, 0.25) is 0 Å². The molecule has 0 aromatic carbocycles. The van der Waals surface area contributed by atoms with Crippen molar-refractivity contribution in [2.45, 2.75) is 32.7 Å². The quantitative estimate of drug-likeness (QED) is 0.814. The summed E-state index contributed by atoms with van der Waals surface area (Å²) in [6.07, 6.45) is 1.61. The van der Waals surface area contributed by atoms with Crippen LogP contribution in [0.2, 0.25) is 0 Å². The molecule has 0 aliphatic carbocycles. The van der Waals surface area contributed by atoms with Crippen LogP contribution in [-0.2, 0) is 16.8 Å². The molecule has 4 heteroatoms. The molecule has 0 saturated carbocycles. The van der Waals surface area contributed by atoms with Gasteiger partial charge in [-0.1, -0.05) is 6.07 Å². The monoisotopic (exact) mass is 209 g/mol. The molecule has 0 amide bonds. The van der Waals surface area contributed by atoms with Crippen LogP contribution in [-0.4, -0.2) is 15.6 Å². The molecule has 1 heterocycles. The van der Waals surface area contributed by atoms with Crippen LogP contribution in [0.5, 0.6) is 0 Å². The molecular weight excluding hydrogens is 194 g/mol. The molecule has 82 valence electrons. The molecule has 0 atom stereocenters. The molecule has 1 aromatic rings. The number of nitrogens with zero attached hydrogens (tertiary/aromatic N) is 1. The van der Waals surface area contributed by atoms with Gasteiger partial charge in [-0.15, -0.1) is 0 Å². The van der Waals surface area contributed by atoms with Crippen LogP contribution in [0.3, 0.4) is 0 Å². The Morgan fingerprint density at radius 1 is 1.47 bits per heavy atom. The van der Waals surface area contributed by atoms with Crippen molar-refractivity contribution in [1.29, 1.82) is 0 Å². The highest BCUT2D eigenvalue weighted by molar-refractivity contribution is 5.80. The van der Waals surface area contributed by atoms with E-state index in [-0.39, 0.29) is 5.56 Å². The second kappa shape index (κ2) is 3.88. The molecular formula is C11H15NO3. The molecule has 0 aliphatic heterocycles. The van der Waals surface area contributed by atoms with Crippen molar-refractivity contribution in [2.24, 2.45) is 0 Å². The van der Waals surface area contributed by atoms with Crippen molar-refractivity contribution in [1.82, 2.24) is 4.57 Å². The number of aryl methyl sites for hydroxylation is 1. The maximum Gasteiger partial charge on any atom is 0.313 e. The molecule has 0 fully saturated rings. The molecule has 0 bridgehead atoms. The fraction of sp³-hybridized carbons (Fsp3) is 0.455. The van der Waals surface area contributed by atoms with Crippen molar-refractivity contribution in [3.05, 3.63) is 34.2 Å². The van der Waals surface area contributed by atoms with Crippen LogP contribution in [0.1, 0.15) is 26.3 Å². The third-order valence-corrected chi connectivity index (χ3v) is 2.58. The zero-order valence-electron chi connectivity index (χ0n) is 9.15. The number of aliphatic carboxylic acids is 1. The van der Waals surface area contributed by atoms with Gasteiger partial charge in [-0.2, -0.15) is 0 Å². The molecule has 4 nitrogen and oxygen atoms in total. The van der Waals surface area contributed by atoms with Crippen molar-refractivity contribution in [2.75, 3.05) is 0 Å². The maximum absolute atomic E-state index is 11.3. The predicted molar refractivity (Wildman–Crippen MR) is 57.0 cm³/mol. The van der Waals surface area contributed by atoms with Gasteiger partial charge in [0.25, 0.3) is 5.56 Å². The Morgan fingerprint density at radius 2 is 2.07 bits per heavy atom. The number of rotatable bonds is 3. The summed E-state index contributed by atoms with van der Waals surface area (Å²) in [7, 11) is 0. The Morgan fingerprint density at radius 3 is 2.53 bits per heavy atom. The lowest BCUT2D eigenvalue weighted by Crippen LogP contribution is -2.30. The van der Waals surface area contributed by atoms with E-state index in [1.165, 1.54) is 10.6 Å². The van der Waals surface area contributed by atoms with E-state index in [4.69, 9.17) is 5.11 Å². The average molecular weight is 209 g/mol. The Hall–Kier alpha value is -1.58. The van der Waals surface area contributed by atoms with E-state index in [1.54, 1.807) is 26.1 Å². The van der Waals surface area contributed by atoms with Gasteiger partial charge >= 0.3 is 5.97 Å². The summed E-state index contributed by atoms with van der Waals surface area (Å²) >= 11 is 0.